The van der Waals surface area contributed by atoms with Crippen molar-refractivity contribution in [2.45, 2.75) is 0 Å². The summed E-state index contributed by atoms with van der Waals surface area (Å²) in [5.41, 5.74) is -0.00781. The molecule has 1 rings (SSSR count). The van der Waals surface area contributed by atoms with Gasteiger partial charge in [0, 0.05) is 12.1 Å². The summed E-state index contributed by atoms with van der Waals surface area (Å²) < 4.78 is 25.3. The van der Waals surface area contributed by atoms with E-state index in [1.54, 1.807) is 0 Å². The molecule has 1 aromatic rings. The summed E-state index contributed by atoms with van der Waals surface area (Å²) in [4.78, 5) is 10.2. The third-order valence-electron chi connectivity index (χ3n) is 1.39. The van der Waals surface area contributed by atoms with E-state index in [2.05, 4.69) is 0 Å². The van der Waals surface area contributed by atoms with Gasteiger partial charge in [-0.1, -0.05) is 11.6 Å². The first kappa shape index (κ1) is 10.7. The minimum absolute atomic E-state index is 0.00781. The fraction of sp³-hybridized carbons (Fsp3) is 0. The lowest BCUT2D eigenvalue weighted by Crippen LogP contribution is -1.90. The highest BCUT2D eigenvalue weighted by atomic mass is 35.5. The lowest BCUT2D eigenvalue weighted by atomic mass is 10.2. The van der Waals surface area contributed by atoms with Crippen LogP contribution in [0.25, 0.3) is 5.03 Å². The SMILES string of the molecule is O=C(O)/C=C(/Cl)c1cc(F)cc(F)c1. The van der Waals surface area contributed by atoms with E-state index in [9.17, 15) is 13.6 Å². The van der Waals surface area contributed by atoms with Crippen molar-refractivity contribution >= 4 is 22.6 Å². The fourth-order valence-corrected chi connectivity index (χ4v) is 1.09. The average Bonchev–Trinajstić information content (AvgIpc) is 2.00. The van der Waals surface area contributed by atoms with Crippen molar-refractivity contribution in [3.63, 3.8) is 0 Å². The number of carbonyl (C=O) groups is 1. The molecule has 5 heteroatoms. The van der Waals surface area contributed by atoms with Crippen molar-refractivity contribution in [2.24, 2.45) is 0 Å². The first-order chi connectivity index (χ1) is 6.49. The van der Waals surface area contributed by atoms with Gasteiger partial charge in [-0.2, -0.15) is 0 Å². The Labute approximate surface area is 83.4 Å². The van der Waals surface area contributed by atoms with Crippen LogP contribution < -0.4 is 0 Å². The maximum atomic E-state index is 12.7. The van der Waals surface area contributed by atoms with Gasteiger partial charge in [0.05, 0.1) is 5.03 Å². The Morgan fingerprint density at radius 3 is 2.21 bits per heavy atom. The monoisotopic (exact) mass is 218 g/mol. The molecule has 0 aliphatic rings. The van der Waals surface area contributed by atoms with Gasteiger partial charge in [-0.15, -0.1) is 0 Å². The van der Waals surface area contributed by atoms with Gasteiger partial charge in [0.2, 0.25) is 0 Å². The van der Waals surface area contributed by atoms with Crippen molar-refractivity contribution < 1.29 is 18.7 Å². The van der Waals surface area contributed by atoms with Crippen LogP contribution >= 0.6 is 11.6 Å². The number of benzene rings is 1. The van der Waals surface area contributed by atoms with Crippen LogP contribution in [0, 0.1) is 11.6 Å². The van der Waals surface area contributed by atoms with Crippen molar-refractivity contribution in [3.8, 4) is 0 Å². The van der Waals surface area contributed by atoms with Gasteiger partial charge in [0.25, 0.3) is 0 Å². The van der Waals surface area contributed by atoms with Gasteiger partial charge in [0.15, 0.2) is 0 Å². The number of hydrogen-bond donors (Lipinski definition) is 1. The zero-order valence-corrected chi connectivity index (χ0v) is 7.55. The molecular formula is C9H5ClF2O2. The van der Waals surface area contributed by atoms with Crippen molar-refractivity contribution in [2.75, 3.05) is 0 Å². The average molecular weight is 219 g/mol. The molecule has 0 unspecified atom stereocenters. The number of halogens is 3. The van der Waals surface area contributed by atoms with Crippen LogP contribution in [0.1, 0.15) is 5.56 Å². The molecule has 0 spiro atoms. The fourth-order valence-electron chi connectivity index (χ4n) is 0.883. The van der Waals surface area contributed by atoms with Gasteiger partial charge < -0.3 is 5.11 Å². The molecule has 0 saturated carbocycles. The summed E-state index contributed by atoms with van der Waals surface area (Å²) in [5, 5.41) is 8.11. The summed E-state index contributed by atoms with van der Waals surface area (Å²) in [5.74, 6) is -2.89. The molecular weight excluding hydrogens is 214 g/mol. The summed E-state index contributed by atoms with van der Waals surface area (Å²) in [6, 6.07) is 2.57. The second-order valence-corrected chi connectivity index (χ2v) is 2.90. The number of rotatable bonds is 2. The summed E-state index contributed by atoms with van der Waals surface area (Å²) in [7, 11) is 0. The molecule has 0 aliphatic carbocycles. The Hall–Kier alpha value is -1.42. The maximum Gasteiger partial charge on any atom is 0.329 e. The first-order valence-electron chi connectivity index (χ1n) is 3.55. The van der Waals surface area contributed by atoms with Crippen LogP contribution in [0.2, 0.25) is 0 Å². The van der Waals surface area contributed by atoms with Gasteiger partial charge in [0.1, 0.15) is 11.6 Å². The van der Waals surface area contributed by atoms with E-state index in [-0.39, 0.29) is 10.6 Å². The van der Waals surface area contributed by atoms with E-state index >= 15 is 0 Å². The molecule has 1 aromatic carbocycles. The van der Waals surface area contributed by atoms with Gasteiger partial charge in [-0.3, -0.25) is 0 Å². The second-order valence-electron chi connectivity index (χ2n) is 2.49. The highest BCUT2D eigenvalue weighted by molar-refractivity contribution is 6.50. The van der Waals surface area contributed by atoms with E-state index in [0.29, 0.717) is 12.1 Å². The van der Waals surface area contributed by atoms with E-state index in [1.807, 2.05) is 0 Å². The topological polar surface area (TPSA) is 37.3 Å². The molecule has 0 bridgehead atoms. The zero-order chi connectivity index (χ0) is 10.7. The first-order valence-corrected chi connectivity index (χ1v) is 3.93. The maximum absolute atomic E-state index is 12.7. The standard InChI is InChI=1S/C9H5ClF2O2/c10-8(4-9(13)14)5-1-6(11)3-7(12)2-5/h1-4H,(H,13,14)/b8-4+. The van der Waals surface area contributed by atoms with E-state index in [0.717, 1.165) is 12.1 Å². The van der Waals surface area contributed by atoms with Gasteiger partial charge in [-0.05, 0) is 17.7 Å². The molecule has 14 heavy (non-hydrogen) atoms. The Morgan fingerprint density at radius 1 is 1.29 bits per heavy atom. The lowest BCUT2D eigenvalue weighted by Gasteiger charge is -1.98. The molecule has 0 aliphatic heterocycles. The minimum Gasteiger partial charge on any atom is -0.478 e. The van der Waals surface area contributed by atoms with Crippen LogP contribution in [0.15, 0.2) is 24.3 Å². The Kier molecular flexibility index (Phi) is 3.19. The Morgan fingerprint density at radius 2 is 1.79 bits per heavy atom. The normalized spacial score (nSPS) is 11.5. The highest BCUT2D eigenvalue weighted by Gasteiger charge is 2.05. The molecule has 0 radical (unpaired) electrons. The van der Waals surface area contributed by atoms with E-state index in [1.165, 1.54) is 0 Å². The summed E-state index contributed by atoms with van der Waals surface area (Å²) in [6.07, 6.45) is 0.662. The van der Waals surface area contributed by atoms with Crippen LogP contribution in [-0.2, 0) is 4.79 Å². The smallest absolute Gasteiger partial charge is 0.329 e. The molecule has 74 valence electrons. The summed E-state index contributed by atoms with van der Waals surface area (Å²) in [6.45, 7) is 0. The second kappa shape index (κ2) is 4.19. The van der Waals surface area contributed by atoms with Crippen LogP contribution in [0.5, 0.6) is 0 Å². The predicted octanol–water partition coefficient (Wildman–Crippen LogP) is 2.63. The number of aliphatic carboxylic acids is 1. The molecule has 2 nitrogen and oxygen atoms in total. The number of carboxylic acids is 1. The Balaban J connectivity index is 3.13. The molecule has 0 amide bonds. The lowest BCUT2D eigenvalue weighted by molar-refractivity contribution is -0.131. The van der Waals surface area contributed by atoms with Gasteiger partial charge >= 0.3 is 5.97 Å². The summed E-state index contributed by atoms with van der Waals surface area (Å²) >= 11 is 5.49. The molecule has 0 atom stereocenters. The van der Waals surface area contributed by atoms with Crippen LogP contribution in [0.4, 0.5) is 8.78 Å². The van der Waals surface area contributed by atoms with Crippen LogP contribution in [-0.4, -0.2) is 11.1 Å². The highest BCUT2D eigenvalue weighted by Crippen LogP contribution is 2.20. The third kappa shape index (κ3) is 2.81. The van der Waals surface area contributed by atoms with Gasteiger partial charge in [-0.25, -0.2) is 13.6 Å². The van der Waals surface area contributed by atoms with Crippen LogP contribution in [0.3, 0.4) is 0 Å². The van der Waals surface area contributed by atoms with E-state index < -0.39 is 17.6 Å². The van der Waals surface area contributed by atoms with E-state index in [4.69, 9.17) is 16.7 Å². The Bertz CT molecular complexity index is 382. The minimum atomic E-state index is -1.28. The predicted molar refractivity (Wildman–Crippen MR) is 47.8 cm³/mol. The molecule has 0 saturated heterocycles. The molecule has 1 N–H and O–H groups in total. The molecule has 0 heterocycles. The van der Waals surface area contributed by atoms with Crippen molar-refractivity contribution in [1.82, 2.24) is 0 Å². The number of hydrogen-bond acceptors (Lipinski definition) is 1. The molecule has 0 fully saturated rings. The largest absolute Gasteiger partial charge is 0.478 e. The molecule has 0 aromatic heterocycles. The third-order valence-corrected chi connectivity index (χ3v) is 1.72. The zero-order valence-electron chi connectivity index (χ0n) is 6.80. The quantitative estimate of drug-likeness (QED) is 0.775. The van der Waals surface area contributed by atoms with Crippen molar-refractivity contribution in [1.29, 1.82) is 0 Å². The van der Waals surface area contributed by atoms with Crippen molar-refractivity contribution in [3.05, 3.63) is 41.5 Å². The number of carboxylic acid groups (broad SMARTS) is 1.